The van der Waals surface area contributed by atoms with Gasteiger partial charge in [0.15, 0.2) is 0 Å². The molecule has 2 N–H and O–H groups in total. The summed E-state index contributed by atoms with van der Waals surface area (Å²) in [6.07, 6.45) is 7.50. The molecule has 2 aliphatic heterocycles. The van der Waals surface area contributed by atoms with Gasteiger partial charge in [-0.2, -0.15) is 0 Å². The molecule has 128 valence electrons. The summed E-state index contributed by atoms with van der Waals surface area (Å²) in [6.45, 7) is 1.36. The van der Waals surface area contributed by atoms with Gasteiger partial charge >= 0.3 is 0 Å². The third-order valence-electron chi connectivity index (χ3n) is 6.37. The van der Waals surface area contributed by atoms with Gasteiger partial charge in [-0.1, -0.05) is 19.3 Å². The molecule has 23 heavy (non-hydrogen) atoms. The standard InChI is InChI=1S/C17H27N3O3/c1-19-14(21)11-13(15(19)22)20-9-7-17(8-10-20,16(18)23)12-5-3-2-4-6-12/h12-13H,2-11H2,1H3,(H2,18,23)/t13-/m0/s1. The van der Waals surface area contributed by atoms with Crippen LogP contribution in [0.3, 0.4) is 0 Å². The first kappa shape index (κ1) is 16.4. The number of rotatable bonds is 3. The maximum atomic E-state index is 12.2. The van der Waals surface area contributed by atoms with Crippen LogP contribution < -0.4 is 5.73 Å². The number of carbonyl (C=O) groups is 3. The summed E-state index contributed by atoms with van der Waals surface area (Å²) in [4.78, 5) is 39.5. The van der Waals surface area contributed by atoms with Gasteiger partial charge in [0, 0.05) is 7.05 Å². The summed E-state index contributed by atoms with van der Waals surface area (Å²) in [5.41, 5.74) is 5.41. The molecule has 3 fully saturated rings. The molecular weight excluding hydrogens is 294 g/mol. The smallest absolute Gasteiger partial charge is 0.246 e. The summed E-state index contributed by atoms with van der Waals surface area (Å²) in [5.74, 6) is -0.00672. The zero-order chi connectivity index (χ0) is 16.6. The lowest BCUT2D eigenvalue weighted by molar-refractivity contribution is -0.139. The fourth-order valence-corrected chi connectivity index (χ4v) is 4.77. The predicted molar refractivity (Wildman–Crippen MR) is 85.2 cm³/mol. The van der Waals surface area contributed by atoms with Gasteiger partial charge in [-0.05, 0) is 44.7 Å². The van der Waals surface area contributed by atoms with Gasteiger partial charge in [-0.25, -0.2) is 0 Å². The van der Waals surface area contributed by atoms with Crippen molar-refractivity contribution in [3.8, 4) is 0 Å². The van der Waals surface area contributed by atoms with Gasteiger partial charge in [-0.15, -0.1) is 0 Å². The average molecular weight is 321 g/mol. The van der Waals surface area contributed by atoms with E-state index in [-0.39, 0.29) is 30.2 Å². The number of carbonyl (C=O) groups excluding carboxylic acids is 3. The van der Waals surface area contributed by atoms with Crippen LogP contribution in [0.1, 0.15) is 51.4 Å². The Balaban J connectivity index is 1.69. The number of hydrogen-bond acceptors (Lipinski definition) is 4. The molecule has 1 aliphatic carbocycles. The summed E-state index contributed by atoms with van der Waals surface area (Å²) in [7, 11) is 1.55. The fourth-order valence-electron chi connectivity index (χ4n) is 4.77. The van der Waals surface area contributed by atoms with E-state index >= 15 is 0 Å². The van der Waals surface area contributed by atoms with E-state index in [0.717, 1.165) is 12.8 Å². The molecule has 1 saturated carbocycles. The molecule has 3 aliphatic rings. The molecule has 2 heterocycles. The van der Waals surface area contributed by atoms with Crippen molar-refractivity contribution in [2.75, 3.05) is 20.1 Å². The number of nitrogens with zero attached hydrogens (tertiary/aromatic N) is 2. The number of hydrogen-bond donors (Lipinski definition) is 1. The van der Waals surface area contributed by atoms with E-state index in [2.05, 4.69) is 4.90 Å². The van der Waals surface area contributed by atoms with E-state index < -0.39 is 5.41 Å². The molecule has 0 aromatic heterocycles. The highest BCUT2D eigenvalue weighted by Gasteiger charge is 2.49. The lowest BCUT2D eigenvalue weighted by atomic mass is 9.63. The molecule has 3 amide bonds. The van der Waals surface area contributed by atoms with E-state index in [1.54, 1.807) is 7.05 Å². The fraction of sp³-hybridized carbons (Fsp3) is 0.824. The van der Waals surface area contributed by atoms with Gasteiger partial charge in [0.2, 0.25) is 17.7 Å². The SMILES string of the molecule is CN1C(=O)C[C@H](N2CCC(C(N)=O)(C3CCCCC3)CC2)C1=O. The van der Waals surface area contributed by atoms with Crippen molar-refractivity contribution in [3.05, 3.63) is 0 Å². The highest BCUT2D eigenvalue weighted by atomic mass is 16.2. The lowest BCUT2D eigenvalue weighted by Gasteiger charge is -2.46. The average Bonchev–Trinajstić information content (AvgIpc) is 2.83. The highest BCUT2D eigenvalue weighted by Crippen LogP contribution is 2.46. The van der Waals surface area contributed by atoms with E-state index in [4.69, 9.17) is 5.73 Å². The zero-order valence-corrected chi connectivity index (χ0v) is 13.9. The van der Waals surface area contributed by atoms with Crippen molar-refractivity contribution >= 4 is 17.7 Å². The van der Waals surface area contributed by atoms with E-state index in [1.165, 1.54) is 24.2 Å². The van der Waals surface area contributed by atoms with Crippen LogP contribution in [0.15, 0.2) is 0 Å². The van der Waals surface area contributed by atoms with Crippen molar-refractivity contribution in [2.24, 2.45) is 17.1 Å². The van der Waals surface area contributed by atoms with Crippen LogP contribution >= 0.6 is 0 Å². The van der Waals surface area contributed by atoms with Crippen LogP contribution in [-0.4, -0.2) is 53.7 Å². The molecule has 0 aromatic carbocycles. The Morgan fingerprint density at radius 2 is 1.74 bits per heavy atom. The molecule has 0 unspecified atom stereocenters. The third-order valence-corrected chi connectivity index (χ3v) is 6.37. The van der Waals surface area contributed by atoms with Gasteiger partial charge in [0.25, 0.3) is 0 Å². The monoisotopic (exact) mass is 321 g/mol. The molecule has 2 saturated heterocycles. The van der Waals surface area contributed by atoms with Crippen molar-refractivity contribution < 1.29 is 14.4 Å². The summed E-state index contributed by atoms with van der Waals surface area (Å²) >= 11 is 0. The summed E-state index contributed by atoms with van der Waals surface area (Å²) < 4.78 is 0. The Hall–Kier alpha value is -1.43. The molecule has 0 bridgehead atoms. The first-order valence-electron chi connectivity index (χ1n) is 8.80. The third kappa shape index (κ3) is 2.77. The Kier molecular flexibility index (Phi) is 4.45. The Morgan fingerprint density at radius 1 is 1.13 bits per heavy atom. The predicted octanol–water partition coefficient (Wildman–Crippen LogP) is 0.891. The minimum absolute atomic E-state index is 0.112. The maximum absolute atomic E-state index is 12.2. The number of amides is 3. The van der Waals surface area contributed by atoms with E-state index in [0.29, 0.717) is 31.8 Å². The van der Waals surface area contributed by atoms with Crippen LogP contribution in [0.25, 0.3) is 0 Å². The van der Waals surface area contributed by atoms with Gasteiger partial charge in [0.1, 0.15) is 0 Å². The Bertz CT molecular complexity index is 505. The Labute approximate surface area is 137 Å². The van der Waals surface area contributed by atoms with Crippen LogP contribution in [-0.2, 0) is 14.4 Å². The van der Waals surface area contributed by atoms with E-state index in [9.17, 15) is 14.4 Å². The second kappa shape index (κ2) is 6.23. The van der Waals surface area contributed by atoms with Crippen molar-refractivity contribution in [3.63, 3.8) is 0 Å². The van der Waals surface area contributed by atoms with Crippen LogP contribution in [0.4, 0.5) is 0 Å². The molecule has 0 aromatic rings. The lowest BCUT2D eigenvalue weighted by Crippen LogP contribution is -2.54. The quantitative estimate of drug-likeness (QED) is 0.783. The molecule has 0 radical (unpaired) electrons. The number of imide groups is 1. The van der Waals surface area contributed by atoms with Gasteiger partial charge in [-0.3, -0.25) is 24.2 Å². The molecule has 6 heteroatoms. The highest BCUT2D eigenvalue weighted by molar-refractivity contribution is 6.05. The topological polar surface area (TPSA) is 83.7 Å². The second-order valence-electron chi connectivity index (χ2n) is 7.40. The largest absolute Gasteiger partial charge is 0.369 e. The minimum Gasteiger partial charge on any atom is -0.369 e. The van der Waals surface area contributed by atoms with Crippen molar-refractivity contribution in [1.29, 1.82) is 0 Å². The van der Waals surface area contributed by atoms with Crippen LogP contribution in [0, 0.1) is 11.3 Å². The molecular formula is C17H27N3O3. The van der Waals surface area contributed by atoms with Gasteiger partial charge < -0.3 is 5.73 Å². The van der Waals surface area contributed by atoms with Crippen LogP contribution in [0.2, 0.25) is 0 Å². The minimum atomic E-state index is -0.408. The number of piperidine rings is 1. The molecule has 1 atom stereocenters. The van der Waals surface area contributed by atoms with Crippen molar-refractivity contribution in [2.45, 2.75) is 57.4 Å². The number of nitrogens with two attached hydrogens (primary N) is 1. The van der Waals surface area contributed by atoms with Crippen molar-refractivity contribution in [1.82, 2.24) is 9.80 Å². The summed E-state index contributed by atoms with van der Waals surface area (Å²) in [6, 6.07) is -0.343. The molecule has 0 spiro atoms. The molecule has 3 rings (SSSR count). The number of likely N-dealkylation sites (tertiary alicyclic amines) is 2. The normalized spacial score (nSPS) is 30.0. The molecule has 6 nitrogen and oxygen atoms in total. The first-order chi connectivity index (χ1) is 11.0. The number of primary amides is 1. The first-order valence-corrected chi connectivity index (χ1v) is 8.80. The zero-order valence-electron chi connectivity index (χ0n) is 13.9. The maximum Gasteiger partial charge on any atom is 0.246 e. The van der Waals surface area contributed by atoms with E-state index in [1.807, 2.05) is 0 Å². The summed E-state index contributed by atoms with van der Waals surface area (Å²) in [5, 5.41) is 0. The van der Waals surface area contributed by atoms with Crippen LogP contribution in [0.5, 0.6) is 0 Å². The Morgan fingerprint density at radius 3 is 2.22 bits per heavy atom. The number of likely N-dealkylation sites (N-methyl/N-ethyl adjacent to an activating group) is 1. The second-order valence-corrected chi connectivity index (χ2v) is 7.40. The van der Waals surface area contributed by atoms with Gasteiger partial charge in [0.05, 0.1) is 17.9 Å².